The summed E-state index contributed by atoms with van der Waals surface area (Å²) in [5.74, 6) is -0.192. The van der Waals surface area contributed by atoms with Crippen molar-refractivity contribution in [1.82, 2.24) is 5.32 Å². The predicted octanol–water partition coefficient (Wildman–Crippen LogP) is 4.44. The Morgan fingerprint density at radius 1 is 1.29 bits per heavy atom. The number of hydrogen-bond acceptors (Lipinski definition) is 3. The molecule has 4 nitrogen and oxygen atoms in total. The zero-order chi connectivity index (χ0) is 17.4. The molecule has 1 aromatic rings. The maximum Gasteiger partial charge on any atom is 0.320 e. The predicted molar refractivity (Wildman–Crippen MR) is 97.0 cm³/mol. The molecule has 0 radical (unpaired) electrons. The fourth-order valence-electron chi connectivity index (χ4n) is 3.07. The highest BCUT2D eigenvalue weighted by Gasteiger charge is 2.30. The average molecular weight is 354 g/mol. The fourth-order valence-corrected chi connectivity index (χ4v) is 3.31. The van der Waals surface area contributed by atoms with Crippen LogP contribution < -0.4 is 10.1 Å². The highest BCUT2D eigenvalue weighted by molar-refractivity contribution is 6.32. The van der Waals surface area contributed by atoms with E-state index in [1.165, 1.54) is 44.1 Å². The first-order valence-corrected chi connectivity index (χ1v) is 9.39. The van der Waals surface area contributed by atoms with Gasteiger partial charge in [0.15, 0.2) is 0 Å². The molecule has 1 fully saturated rings. The minimum absolute atomic E-state index is 0.145. The SMILES string of the molecule is CCCCCCCCc1ccc(O[C@H]2CN[C@@H](C(=O)O)C2)c(Cl)c1. The number of carbonyl (C=O) groups is 1. The van der Waals surface area contributed by atoms with Gasteiger partial charge in [-0.25, -0.2) is 0 Å². The summed E-state index contributed by atoms with van der Waals surface area (Å²) in [7, 11) is 0. The second-order valence-electron chi connectivity index (χ2n) is 6.56. The Morgan fingerprint density at radius 3 is 2.71 bits per heavy atom. The van der Waals surface area contributed by atoms with Crippen LogP contribution >= 0.6 is 11.6 Å². The Balaban J connectivity index is 1.76. The lowest BCUT2D eigenvalue weighted by molar-refractivity contribution is -0.139. The topological polar surface area (TPSA) is 58.6 Å². The quantitative estimate of drug-likeness (QED) is 0.610. The van der Waals surface area contributed by atoms with E-state index in [1.54, 1.807) is 0 Å². The standard InChI is InChI=1S/C19H28ClNO3/c1-2-3-4-5-6-7-8-14-9-10-18(16(20)11-14)24-15-12-17(19(22)23)21-13-15/h9-11,15,17,21H,2-8,12-13H2,1H3,(H,22,23)/t15-,17-/m1/s1. The van der Waals surface area contributed by atoms with Gasteiger partial charge in [0, 0.05) is 13.0 Å². The number of halogens is 1. The molecule has 1 heterocycles. The fraction of sp³-hybridized carbons (Fsp3) is 0.632. The Bertz CT molecular complexity index is 535. The van der Waals surface area contributed by atoms with Crippen molar-refractivity contribution in [3.05, 3.63) is 28.8 Å². The molecule has 0 amide bonds. The van der Waals surface area contributed by atoms with E-state index in [-0.39, 0.29) is 6.10 Å². The number of carboxylic acids is 1. The lowest BCUT2D eigenvalue weighted by Gasteiger charge is -2.14. The molecule has 5 heteroatoms. The molecule has 0 aliphatic carbocycles. The van der Waals surface area contributed by atoms with Crippen molar-refractivity contribution in [2.24, 2.45) is 0 Å². The second-order valence-corrected chi connectivity index (χ2v) is 6.96. The van der Waals surface area contributed by atoms with E-state index in [4.69, 9.17) is 21.4 Å². The smallest absolute Gasteiger partial charge is 0.320 e. The van der Waals surface area contributed by atoms with E-state index in [2.05, 4.69) is 18.3 Å². The van der Waals surface area contributed by atoms with Crippen LogP contribution in [0.25, 0.3) is 0 Å². The number of ether oxygens (including phenoxy) is 1. The first-order valence-electron chi connectivity index (χ1n) is 9.01. The minimum atomic E-state index is -0.832. The maximum absolute atomic E-state index is 11.0. The lowest BCUT2D eigenvalue weighted by atomic mass is 10.0. The number of carboxylic acid groups (broad SMARTS) is 1. The van der Waals surface area contributed by atoms with Crippen molar-refractivity contribution in [3.8, 4) is 5.75 Å². The summed E-state index contributed by atoms with van der Waals surface area (Å²) in [5.41, 5.74) is 1.23. The van der Waals surface area contributed by atoms with Crippen LogP contribution in [-0.2, 0) is 11.2 Å². The summed E-state index contributed by atoms with van der Waals surface area (Å²) in [6.45, 7) is 2.77. The van der Waals surface area contributed by atoms with Gasteiger partial charge in [0.2, 0.25) is 0 Å². The zero-order valence-corrected chi connectivity index (χ0v) is 15.1. The van der Waals surface area contributed by atoms with Crippen LogP contribution in [0.2, 0.25) is 5.02 Å². The third kappa shape index (κ3) is 5.99. The molecular weight excluding hydrogens is 326 g/mol. The van der Waals surface area contributed by atoms with Crippen LogP contribution in [0.4, 0.5) is 0 Å². The normalized spacial score (nSPS) is 20.2. The van der Waals surface area contributed by atoms with E-state index in [1.807, 2.05) is 12.1 Å². The summed E-state index contributed by atoms with van der Waals surface area (Å²) in [6, 6.07) is 5.41. The average Bonchev–Trinajstić information content (AvgIpc) is 3.02. The molecule has 2 N–H and O–H groups in total. The highest BCUT2D eigenvalue weighted by atomic mass is 35.5. The molecule has 24 heavy (non-hydrogen) atoms. The summed E-state index contributed by atoms with van der Waals surface area (Å²) >= 11 is 6.33. The summed E-state index contributed by atoms with van der Waals surface area (Å²) in [5, 5.41) is 12.5. The number of aliphatic carboxylic acids is 1. The summed E-state index contributed by atoms with van der Waals surface area (Å²) in [6.07, 6.45) is 9.06. The highest BCUT2D eigenvalue weighted by Crippen LogP contribution is 2.28. The maximum atomic E-state index is 11.0. The van der Waals surface area contributed by atoms with Gasteiger partial charge in [0.25, 0.3) is 0 Å². The first kappa shape index (κ1) is 19.1. The van der Waals surface area contributed by atoms with E-state index < -0.39 is 12.0 Å². The number of benzene rings is 1. The van der Waals surface area contributed by atoms with E-state index in [0.29, 0.717) is 23.7 Å². The number of nitrogens with one attached hydrogen (secondary N) is 1. The van der Waals surface area contributed by atoms with Gasteiger partial charge >= 0.3 is 5.97 Å². The molecule has 0 aromatic heterocycles. The van der Waals surface area contributed by atoms with Crippen LogP contribution in [0.5, 0.6) is 5.75 Å². The molecule has 1 saturated heterocycles. The van der Waals surface area contributed by atoms with Gasteiger partial charge in [-0.3, -0.25) is 4.79 Å². The third-order valence-electron chi connectivity index (χ3n) is 4.50. The van der Waals surface area contributed by atoms with Crippen LogP contribution in [0.15, 0.2) is 18.2 Å². The number of rotatable bonds is 10. The zero-order valence-electron chi connectivity index (χ0n) is 14.4. The molecule has 0 bridgehead atoms. The van der Waals surface area contributed by atoms with Crippen molar-refractivity contribution in [1.29, 1.82) is 0 Å². The van der Waals surface area contributed by atoms with Gasteiger partial charge in [-0.1, -0.05) is 56.7 Å². The van der Waals surface area contributed by atoms with E-state index in [0.717, 1.165) is 6.42 Å². The largest absolute Gasteiger partial charge is 0.487 e. The van der Waals surface area contributed by atoms with Gasteiger partial charge in [-0.2, -0.15) is 0 Å². The van der Waals surface area contributed by atoms with Crippen molar-refractivity contribution >= 4 is 17.6 Å². The molecule has 2 rings (SSSR count). The van der Waals surface area contributed by atoms with Crippen LogP contribution in [0.3, 0.4) is 0 Å². The van der Waals surface area contributed by atoms with Gasteiger partial charge in [0.05, 0.1) is 5.02 Å². The third-order valence-corrected chi connectivity index (χ3v) is 4.79. The number of unbranched alkanes of at least 4 members (excludes halogenated alkanes) is 5. The molecule has 1 aromatic carbocycles. The second kappa shape index (κ2) is 9.90. The summed E-state index contributed by atoms with van der Waals surface area (Å²) in [4.78, 5) is 11.0. The molecule has 0 spiro atoms. The van der Waals surface area contributed by atoms with Gasteiger partial charge in [-0.15, -0.1) is 0 Å². The van der Waals surface area contributed by atoms with Crippen LogP contribution in [0, 0.1) is 0 Å². The Labute approximate surface area is 149 Å². The molecule has 1 aliphatic rings. The lowest BCUT2D eigenvalue weighted by Crippen LogP contribution is -2.30. The molecular formula is C19H28ClNO3. The Morgan fingerprint density at radius 2 is 2.04 bits per heavy atom. The van der Waals surface area contributed by atoms with Crippen molar-refractivity contribution in [2.75, 3.05) is 6.54 Å². The van der Waals surface area contributed by atoms with Gasteiger partial charge < -0.3 is 15.2 Å². The number of aryl methyl sites for hydroxylation is 1. The number of hydrogen-bond donors (Lipinski definition) is 2. The van der Waals surface area contributed by atoms with E-state index >= 15 is 0 Å². The molecule has 0 saturated carbocycles. The summed E-state index contributed by atoms with van der Waals surface area (Å²) < 4.78 is 5.85. The van der Waals surface area contributed by atoms with Crippen LogP contribution in [0.1, 0.15) is 57.4 Å². The Kier molecular flexibility index (Phi) is 7.86. The Hall–Kier alpha value is -1.26. The first-order chi connectivity index (χ1) is 11.6. The van der Waals surface area contributed by atoms with Gasteiger partial charge in [-0.05, 0) is 30.5 Å². The monoisotopic (exact) mass is 353 g/mol. The molecule has 1 aliphatic heterocycles. The molecule has 2 atom stereocenters. The molecule has 134 valence electrons. The van der Waals surface area contributed by atoms with Gasteiger partial charge in [0.1, 0.15) is 17.9 Å². The van der Waals surface area contributed by atoms with E-state index in [9.17, 15) is 4.79 Å². The molecule has 0 unspecified atom stereocenters. The van der Waals surface area contributed by atoms with Crippen molar-refractivity contribution in [2.45, 2.75) is 70.4 Å². The van der Waals surface area contributed by atoms with Crippen molar-refractivity contribution < 1.29 is 14.6 Å². The minimum Gasteiger partial charge on any atom is -0.487 e. The van der Waals surface area contributed by atoms with Crippen molar-refractivity contribution in [3.63, 3.8) is 0 Å². The van der Waals surface area contributed by atoms with Crippen LogP contribution in [-0.4, -0.2) is 29.8 Å².